The van der Waals surface area contributed by atoms with Crippen molar-refractivity contribution in [3.05, 3.63) is 29.0 Å². The Morgan fingerprint density at radius 2 is 2.09 bits per heavy atom. The number of carboxylic acids is 1. The van der Waals surface area contributed by atoms with E-state index in [1.807, 2.05) is 0 Å². The van der Waals surface area contributed by atoms with Gasteiger partial charge in [0.1, 0.15) is 10.4 Å². The molecule has 0 aliphatic carbocycles. The van der Waals surface area contributed by atoms with Gasteiger partial charge in [0, 0.05) is 18.1 Å². The molecular formula is C14H14N4O3S2. The van der Waals surface area contributed by atoms with Gasteiger partial charge in [0.05, 0.1) is 5.69 Å². The molecule has 0 radical (unpaired) electrons. The molecule has 1 saturated heterocycles. The lowest BCUT2D eigenvalue weighted by atomic mass is 9.99. The first-order valence-corrected chi connectivity index (χ1v) is 8.87. The number of nitrogens with zero attached hydrogens (tertiary/aromatic N) is 3. The Morgan fingerprint density at radius 3 is 2.70 bits per heavy atom. The Morgan fingerprint density at radius 1 is 1.35 bits per heavy atom. The van der Waals surface area contributed by atoms with Crippen LogP contribution in [0.15, 0.2) is 18.5 Å². The molecular weight excluding hydrogens is 336 g/mol. The third kappa shape index (κ3) is 3.06. The molecule has 1 unspecified atom stereocenters. The van der Waals surface area contributed by atoms with Crippen molar-refractivity contribution in [2.45, 2.75) is 18.9 Å². The highest BCUT2D eigenvalue weighted by atomic mass is 32.2. The molecule has 1 amide bonds. The highest BCUT2D eigenvalue weighted by Crippen LogP contribution is 2.30. The van der Waals surface area contributed by atoms with Gasteiger partial charge in [-0.05, 0) is 25.2 Å². The quantitative estimate of drug-likeness (QED) is 0.863. The lowest BCUT2D eigenvalue weighted by molar-refractivity contribution is -0.143. The third-order valence-corrected chi connectivity index (χ3v) is 5.89. The van der Waals surface area contributed by atoms with Crippen molar-refractivity contribution < 1.29 is 14.7 Å². The molecule has 0 spiro atoms. The van der Waals surface area contributed by atoms with E-state index in [0.29, 0.717) is 33.6 Å². The van der Waals surface area contributed by atoms with Crippen LogP contribution in [-0.2, 0) is 4.79 Å². The highest BCUT2D eigenvalue weighted by Gasteiger charge is 2.43. The van der Waals surface area contributed by atoms with Gasteiger partial charge in [0.25, 0.3) is 5.91 Å². The minimum absolute atomic E-state index is 0.376. The zero-order valence-corrected chi connectivity index (χ0v) is 13.9. The standard InChI is InChI=1S/C14H14N4O3S2/c1-8-9(23-12(17-8)10-15-4-2-5-16-10)11(19)18-14(13(20)21)3-6-22-7-14/h2,4-5H,3,6-7H2,1H3,(H,18,19)(H,20,21). The molecule has 3 heterocycles. The van der Waals surface area contributed by atoms with E-state index >= 15 is 0 Å². The SMILES string of the molecule is Cc1nc(-c2ncccn2)sc1C(=O)NC1(C(=O)O)CCSC1. The molecule has 2 N–H and O–H groups in total. The van der Waals surface area contributed by atoms with E-state index in [0.717, 1.165) is 5.75 Å². The molecule has 2 aromatic heterocycles. The smallest absolute Gasteiger partial charge is 0.330 e. The average Bonchev–Trinajstić information content (AvgIpc) is 3.16. The molecule has 0 saturated carbocycles. The first-order chi connectivity index (χ1) is 11.0. The zero-order chi connectivity index (χ0) is 16.4. The number of thiazole rings is 1. The van der Waals surface area contributed by atoms with Crippen molar-refractivity contribution in [2.24, 2.45) is 0 Å². The van der Waals surface area contributed by atoms with E-state index in [1.165, 1.54) is 23.1 Å². The summed E-state index contributed by atoms with van der Waals surface area (Å²) in [7, 11) is 0. The van der Waals surface area contributed by atoms with E-state index in [1.54, 1.807) is 25.4 Å². The maximum absolute atomic E-state index is 12.5. The monoisotopic (exact) mass is 350 g/mol. The molecule has 0 aromatic carbocycles. The number of rotatable bonds is 4. The van der Waals surface area contributed by atoms with Crippen LogP contribution in [0.1, 0.15) is 21.8 Å². The Bertz CT molecular complexity index is 742. The molecule has 2 aromatic rings. The van der Waals surface area contributed by atoms with Crippen LogP contribution in [-0.4, -0.2) is 49.0 Å². The fraction of sp³-hybridized carbons (Fsp3) is 0.357. The number of hydrogen-bond acceptors (Lipinski definition) is 7. The second-order valence-electron chi connectivity index (χ2n) is 5.15. The fourth-order valence-electron chi connectivity index (χ4n) is 2.27. The predicted octanol–water partition coefficient (Wildman–Crippen LogP) is 1.60. The van der Waals surface area contributed by atoms with Gasteiger partial charge in [-0.3, -0.25) is 4.79 Å². The molecule has 9 heteroatoms. The van der Waals surface area contributed by atoms with Gasteiger partial charge in [-0.1, -0.05) is 0 Å². The van der Waals surface area contributed by atoms with E-state index in [9.17, 15) is 14.7 Å². The lowest BCUT2D eigenvalue weighted by Gasteiger charge is -2.24. The van der Waals surface area contributed by atoms with Crippen LogP contribution in [0.4, 0.5) is 0 Å². The van der Waals surface area contributed by atoms with E-state index in [-0.39, 0.29) is 0 Å². The van der Waals surface area contributed by atoms with Gasteiger partial charge < -0.3 is 10.4 Å². The van der Waals surface area contributed by atoms with Crippen molar-refractivity contribution in [3.8, 4) is 10.8 Å². The summed E-state index contributed by atoms with van der Waals surface area (Å²) in [5, 5.41) is 12.7. The van der Waals surface area contributed by atoms with Crippen molar-refractivity contribution in [3.63, 3.8) is 0 Å². The number of carboxylic acid groups (broad SMARTS) is 1. The van der Waals surface area contributed by atoms with Gasteiger partial charge in [0.2, 0.25) is 0 Å². The topological polar surface area (TPSA) is 105 Å². The van der Waals surface area contributed by atoms with Gasteiger partial charge in [0.15, 0.2) is 10.8 Å². The number of thioether (sulfide) groups is 1. The van der Waals surface area contributed by atoms with Crippen molar-refractivity contribution in [1.82, 2.24) is 20.3 Å². The van der Waals surface area contributed by atoms with Crippen molar-refractivity contribution in [2.75, 3.05) is 11.5 Å². The Kier molecular flexibility index (Phi) is 4.31. The number of nitrogens with one attached hydrogen (secondary N) is 1. The second kappa shape index (κ2) is 6.25. The highest BCUT2D eigenvalue weighted by molar-refractivity contribution is 7.99. The Labute approximate surface area is 140 Å². The van der Waals surface area contributed by atoms with Crippen LogP contribution < -0.4 is 5.32 Å². The molecule has 3 rings (SSSR count). The maximum Gasteiger partial charge on any atom is 0.330 e. The van der Waals surface area contributed by atoms with Crippen LogP contribution in [0.2, 0.25) is 0 Å². The van der Waals surface area contributed by atoms with Crippen molar-refractivity contribution >= 4 is 35.0 Å². The molecule has 0 bridgehead atoms. The van der Waals surface area contributed by atoms with Gasteiger partial charge >= 0.3 is 5.97 Å². The van der Waals surface area contributed by atoms with Crippen molar-refractivity contribution in [1.29, 1.82) is 0 Å². The minimum Gasteiger partial charge on any atom is -0.479 e. The number of amides is 1. The first-order valence-electron chi connectivity index (χ1n) is 6.90. The largest absolute Gasteiger partial charge is 0.479 e. The summed E-state index contributed by atoms with van der Waals surface area (Å²) in [6.07, 6.45) is 3.63. The molecule has 23 heavy (non-hydrogen) atoms. The van der Waals surface area contributed by atoms with E-state index in [4.69, 9.17) is 0 Å². The molecule has 1 atom stereocenters. The van der Waals surface area contributed by atoms with E-state index < -0.39 is 17.4 Å². The van der Waals surface area contributed by atoms with Crippen LogP contribution >= 0.6 is 23.1 Å². The fourth-order valence-corrected chi connectivity index (χ4v) is 4.51. The minimum atomic E-state index is -1.19. The van der Waals surface area contributed by atoms with Gasteiger partial charge in [-0.25, -0.2) is 19.7 Å². The van der Waals surface area contributed by atoms with Crippen LogP contribution in [0.25, 0.3) is 10.8 Å². The normalized spacial score (nSPS) is 20.4. The van der Waals surface area contributed by atoms with Crippen LogP contribution in [0, 0.1) is 6.92 Å². The summed E-state index contributed by atoms with van der Waals surface area (Å²) in [6.45, 7) is 1.72. The molecule has 1 aliphatic rings. The summed E-state index contributed by atoms with van der Waals surface area (Å²) in [5.74, 6) is 0.138. The summed E-state index contributed by atoms with van der Waals surface area (Å²) in [4.78, 5) is 37.0. The average molecular weight is 350 g/mol. The van der Waals surface area contributed by atoms with E-state index in [2.05, 4.69) is 20.3 Å². The Balaban J connectivity index is 1.86. The van der Waals surface area contributed by atoms with Crippen LogP contribution in [0.5, 0.6) is 0 Å². The second-order valence-corrected chi connectivity index (χ2v) is 7.25. The number of aromatic nitrogens is 3. The number of aliphatic carboxylic acids is 1. The molecule has 1 fully saturated rings. The summed E-state index contributed by atoms with van der Waals surface area (Å²) < 4.78 is 0. The van der Waals surface area contributed by atoms with Gasteiger partial charge in [-0.15, -0.1) is 11.3 Å². The summed E-state index contributed by atoms with van der Waals surface area (Å²) in [6, 6.07) is 1.70. The summed E-state index contributed by atoms with van der Waals surface area (Å²) >= 11 is 2.69. The number of hydrogen-bond donors (Lipinski definition) is 2. The molecule has 120 valence electrons. The molecule has 1 aliphatic heterocycles. The number of aryl methyl sites for hydroxylation is 1. The number of carbonyl (C=O) groups is 2. The first kappa shape index (κ1) is 15.9. The zero-order valence-electron chi connectivity index (χ0n) is 12.3. The lowest BCUT2D eigenvalue weighted by Crippen LogP contribution is -2.54. The molecule has 7 nitrogen and oxygen atoms in total. The maximum atomic E-state index is 12.5. The Hall–Kier alpha value is -2.00. The summed E-state index contributed by atoms with van der Waals surface area (Å²) in [5.41, 5.74) is -0.650. The third-order valence-electron chi connectivity index (χ3n) is 3.54. The predicted molar refractivity (Wildman–Crippen MR) is 87.7 cm³/mol. The van der Waals surface area contributed by atoms with Crippen LogP contribution in [0.3, 0.4) is 0 Å². The number of carbonyl (C=O) groups excluding carboxylic acids is 1. The van der Waals surface area contributed by atoms with Gasteiger partial charge in [-0.2, -0.15) is 11.8 Å².